The zero-order valence-electron chi connectivity index (χ0n) is 14.0. The first-order valence-electron chi connectivity index (χ1n) is 7.86. The third kappa shape index (κ3) is 4.96. The van der Waals surface area contributed by atoms with Crippen LogP contribution >= 0.6 is 0 Å². The van der Waals surface area contributed by atoms with E-state index in [1.165, 1.54) is 0 Å². The molecule has 0 fully saturated rings. The molecule has 22 heavy (non-hydrogen) atoms. The van der Waals surface area contributed by atoms with Gasteiger partial charge in [-0.2, -0.15) is 0 Å². The van der Waals surface area contributed by atoms with Crippen molar-refractivity contribution in [2.24, 2.45) is 0 Å². The van der Waals surface area contributed by atoms with Crippen LogP contribution in [0.5, 0.6) is 17.2 Å². The molecule has 126 valence electrons. The van der Waals surface area contributed by atoms with Gasteiger partial charge in [-0.15, -0.1) is 0 Å². The molecule has 1 aromatic rings. The van der Waals surface area contributed by atoms with Crippen LogP contribution in [-0.2, 0) is 0 Å². The van der Waals surface area contributed by atoms with E-state index in [1.54, 1.807) is 0 Å². The van der Waals surface area contributed by atoms with Crippen LogP contribution < -0.4 is 26.6 Å². The largest absolute Gasteiger partial charge is 1.00 e. The summed E-state index contributed by atoms with van der Waals surface area (Å²) in [4.78, 5) is 2.48. The number of nitrogens with zero attached hydrogens (tertiary/aromatic N) is 1. The lowest BCUT2D eigenvalue weighted by Gasteiger charge is -2.30. The first kappa shape index (κ1) is 18.9. The maximum Gasteiger partial charge on any atom is 0.203 e. The number of halogens is 1. The van der Waals surface area contributed by atoms with Gasteiger partial charge < -0.3 is 26.6 Å². The van der Waals surface area contributed by atoms with Crippen LogP contribution in [0.25, 0.3) is 0 Å². The molecule has 1 heterocycles. The Morgan fingerprint density at radius 3 is 2.45 bits per heavy atom. The summed E-state index contributed by atoms with van der Waals surface area (Å²) in [5.41, 5.74) is 0. The molecule has 4 nitrogen and oxygen atoms in total. The summed E-state index contributed by atoms with van der Waals surface area (Å²) in [6.07, 6.45) is 1.00. The summed E-state index contributed by atoms with van der Waals surface area (Å²) in [7, 11) is 0. The van der Waals surface area contributed by atoms with Gasteiger partial charge in [-0.25, -0.2) is 0 Å². The van der Waals surface area contributed by atoms with Crippen molar-refractivity contribution >= 4 is 0 Å². The van der Waals surface area contributed by atoms with Crippen LogP contribution in [0.3, 0.4) is 0 Å². The molecule has 1 aromatic carbocycles. The van der Waals surface area contributed by atoms with E-state index in [9.17, 15) is 0 Å². The molecule has 0 radical (unpaired) electrons. The lowest BCUT2D eigenvalue weighted by molar-refractivity contribution is -0.00000635. The van der Waals surface area contributed by atoms with Crippen molar-refractivity contribution in [2.75, 3.05) is 26.4 Å². The van der Waals surface area contributed by atoms with Crippen LogP contribution in [0.4, 0.5) is 0 Å². The van der Waals surface area contributed by atoms with Gasteiger partial charge in [0.1, 0.15) is 13.2 Å². The standard InChI is InChI=1S/C17H27NO3.ClH/c1-13(2)18(14(3)4)9-6-10-19-15-7-5-8-16-17(15)21-12-11-20-16;/h5,7-8,13-14H,6,9-12H2,1-4H3;1H/p-1. The Bertz CT molecular complexity index is 444. The molecular formula is C17H27ClNO3-. The fraction of sp³-hybridized carbons (Fsp3) is 0.647. The zero-order valence-corrected chi connectivity index (χ0v) is 14.7. The van der Waals surface area contributed by atoms with E-state index in [0.29, 0.717) is 31.9 Å². The smallest absolute Gasteiger partial charge is 0.203 e. The minimum atomic E-state index is 0. The first-order valence-corrected chi connectivity index (χ1v) is 7.86. The van der Waals surface area contributed by atoms with Crippen LogP contribution in [0.1, 0.15) is 34.1 Å². The second-order valence-electron chi connectivity index (χ2n) is 5.91. The molecular weight excluding hydrogens is 302 g/mol. The minimum absolute atomic E-state index is 0. The minimum Gasteiger partial charge on any atom is -1.00 e. The number of hydrogen-bond donors (Lipinski definition) is 0. The summed E-state index contributed by atoms with van der Waals surface area (Å²) in [5.74, 6) is 2.31. The van der Waals surface area contributed by atoms with Gasteiger partial charge in [0.25, 0.3) is 0 Å². The maximum atomic E-state index is 5.88. The molecule has 1 aliphatic heterocycles. The van der Waals surface area contributed by atoms with E-state index >= 15 is 0 Å². The van der Waals surface area contributed by atoms with Crippen molar-refractivity contribution in [3.63, 3.8) is 0 Å². The average molecular weight is 329 g/mol. The fourth-order valence-corrected chi connectivity index (χ4v) is 2.70. The third-order valence-electron chi connectivity index (χ3n) is 3.67. The summed E-state index contributed by atoms with van der Waals surface area (Å²) < 4.78 is 17.1. The Balaban J connectivity index is 0.00000242. The normalized spacial score (nSPS) is 13.4. The van der Waals surface area contributed by atoms with Crippen LogP contribution in [-0.4, -0.2) is 43.3 Å². The van der Waals surface area contributed by atoms with Gasteiger partial charge in [-0.1, -0.05) is 6.07 Å². The van der Waals surface area contributed by atoms with Crippen molar-refractivity contribution in [1.82, 2.24) is 4.90 Å². The molecule has 0 saturated heterocycles. The predicted octanol–water partition coefficient (Wildman–Crippen LogP) is 0.350. The Morgan fingerprint density at radius 2 is 1.77 bits per heavy atom. The number of para-hydroxylation sites is 1. The highest BCUT2D eigenvalue weighted by Gasteiger charge is 2.17. The monoisotopic (exact) mass is 328 g/mol. The molecule has 2 rings (SSSR count). The predicted molar refractivity (Wildman–Crippen MR) is 84.5 cm³/mol. The third-order valence-corrected chi connectivity index (χ3v) is 3.67. The molecule has 0 spiro atoms. The molecule has 1 aliphatic rings. The van der Waals surface area contributed by atoms with E-state index in [0.717, 1.165) is 30.2 Å². The molecule has 0 amide bonds. The van der Waals surface area contributed by atoms with Gasteiger partial charge in [-0.05, 0) is 46.2 Å². The number of hydrogen-bond acceptors (Lipinski definition) is 4. The summed E-state index contributed by atoms with van der Waals surface area (Å²) in [5, 5.41) is 0. The van der Waals surface area contributed by atoms with Crippen LogP contribution in [0, 0.1) is 0 Å². The summed E-state index contributed by atoms with van der Waals surface area (Å²) in [6, 6.07) is 6.92. The highest BCUT2D eigenvalue weighted by Crippen LogP contribution is 2.38. The van der Waals surface area contributed by atoms with Crippen molar-refractivity contribution in [2.45, 2.75) is 46.2 Å². The number of fused-ring (bicyclic) bond motifs is 1. The molecule has 0 aliphatic carbocycles. The van der Waals surface area contributed by atoms with E-state index < -0.39 is 0 Å². The molecule has 0 aromatic heterocycles. The van der Waals surface area contributed by atoms with Crippen LogP contribution in [0.2, 0.25) is 0 Å². The highest BCUT2D eigenvalue weighted by molar-refractivity contribution is 5.51. The molecule has 0 atom stereocenters. The van der Waals surface area contributed by atoms with Crippen molar-refractivity contribution in [1.29, 1.82) is 0 Å². The topological polar surface area (TPSA) is 30.9 Å². The SMILES string of the molecule is CC(C)N(CCCOc1cccc2c1OCCO2)C(C)C.[Cl-]. The Kier molecular flexibility index (Phi) is 7.83. The van der Waals surface area contributed by atoms with Crippen LogP contribution in [0.15, 0.2) is 18.2 Å². The van der Waals surface area contributed by atoms with Gasteiger partial charge >= 0.3 is 0 Å². The Morgan fingerprint density at radius 1 is 1.09 bits per heavy atom. The Hall–Kier alpha value is -1.13. The Labute approximate surface area is 140 Å². The van der Waals surface area contributed by atoms with E-state index in [1.807, 2.05) is 18.2 Å². The highest BCUT2D eigenvalue weighted by atomic mass is 35.5. The second kappa shape index (κ2) is 9.11. The van der Waals surface area contributed by atoms with E-state index in [-0.39, 0.29) is 12.4 Å². The number of rotatable bonds is 7. The molecule has 0 unspecified atom stereocenters. The van der Waals surface area contributed by atoms with Gasteiger partial charge in [0, 0.05) is 18.6 Å². The lowest BCUT2D eigenvalue weighted by Crippen LogP contribution is -3.00. The summed E-state index contributed by atoms with van der Waals surface area (Å²) >= 11 is 0. The fourth-order valence-electron chi connectivity index (χ4n) is 2.70. The number of ether oxygens (including phenoxy) is 3. The van der Waals surface area contributed by atoms with Gasteiger partial charge in [0.05, 0.1) is 6.61 Å². The molecule has 5 heteroatoms. The molecule has 0 saturated carbocycles. The van der Waals surface area contributed by atoms with E-state index in [2.05, 4.69) is 32.6 Å². The first-order chi connectivity index (χ1) is 10.1. The van der Waals surface area contributed by atoms with Gasteiger partial charge in [-0.3, -0.25) is 4.90 Å². The second-order valence-corrected chi connectivity index (χ2v) is 5.91. The number of benzene rings is 1. The molecule has 0 bridgehead atoms. The van der Waals surface area contributed by atoms with Crippen molar-refractivity contribution in [3.8, 4) is 17.2 Å². The summed E-state index contributed by atoms with van der Waals surface area (Å²) in [6.45, 7) is 11.9. The lowest BCUT2D eigenvalue weighted by atomic mass is 10.2. The van der Waals surface area contributed by atoms with Crippen molar-refractivity contribution in [3.05, 3.63) is 18.2 Å². The van der Waals surface area contributed by atoms with Gasteiger partial charge in [0.2, 0.25) is 5.75 Å². The molecule has 0 N–H and O–H groups in total. The quantitative estimate of drug-likeness (QED) is 0.676. The maximum absolute atomic E-state index is 5.88. The van der Waals surface area contributed by atoms with E-state index in [4.69, 9.17) is 14.2 Å². The van der Waals surface area contributed by atoms with Gasteiger partial charge in [0.15, 0.2) is 11.5 Å². The average Bonchev–Trinajstić information content (AvgIpc) is 2.46. The van der Waals surface area contributed by atoms with Crippen molar-refractivity contribution < 1.29 is 26.6 Å². The zero-order chi connectivity index (χ0) is 15.2.